The first kappa shape index (κ1) is 22.6. The highest BCUT2D eigenvalue weighted by molar-refractivity contribution is 7.91. The predicted octanol–water partition coefficient (Wildman–Crippen LogP) is 4.60. The summed E-state index contributed by atoms with van der Waals surface area (Å²) < 4.78 is 39.4. The van der Waals surface area contributed by atoms with E-state index in [1.54, 1.807) is 34.9 Å². The van der Waals surface area contributed by atoms with Crippen molar-refractivity contribution in [1.82, 2.24) is 4.57 Å². The van der Waals surface area contributed by atoms with Gasteiger partial charge >= 0.3 is 0 Å². The second kappa shape index (κ2) is 9.11. The number of aromatic nitrogens is 1. The number of benzene rings is 3. The normalized spacial score (nSPS) is 11.5. The number of methoxy groups -OCH3 is 1. The van der Waals surface area contributed by atoms with Crippen molar-refractivity contribution in [1.29, 1.82) is 0 Å². The van der Waals surface area contributed by atoms with Gasteiger partial charge in [0, 0.05) is 12.7 Å². The van der Waals surface area contributed by atoms with Crippen molar-refractivity contribution in [2.45, 2.75) is 30.2 Å². The van der Waals surface area contributed by atoms with E-state index >= 15 is 0 Å². The van der Waals surface area contributed by atoms with E-state index in [2.05, 4.69) is 0 Å². The number of rotatable bonds is 7. The van der Waals surface area contributed by atoms with E-state index < -0.39 is 15.3 Å². The Hall–Kier alpha value is -3.58. The third-order valence-electron chi connectivity index (χ3n) is 5.46. The molecule has 170 valence electrons. The lowest BCUT2D eigenvalue weighted by molar-refractivity contribution is 0.340. The maximum atomic E-state index is 13.5. The number of fused-ring (bicyclic) bond motifs is 1. The fourth-order valence-electron chi connectivity index (χ4n) is 3.70. The summed E-state index contributed by atoms with van der Waals surface area (Å²) in [6.45, 7) is 4.71. The molecule has 0 atom stereocenters. The van der Waals surface area contributed by atoms with E-state index in [1.807, 2.05) is 38.1 Å². The quantitative estimate of drug-likeness (QED) is 0.401. The fraction of sp³-hybridized carbons (Fsp3) is 0.192. The lowest BCUT2D eigenvalue weighted by Gasteiger charge is -2.15. The number of hydrogen-bond donors (Lipinski definition) is 0. The van der Waals surface area contributed by atoms with Crippen LogP contribution in [0.5, 0.6) is 11.5 Å². The van der Waals surface area contributed by atoms with E-state index in [1.165, 1.54) is 25.4 Å². The van der Waals surface area contributed by atoms with Crippen molar-refractivity contribution < 1.29 is 17.9 Å². The van der Waals surface area contributed by atoms with Gasteiger partial charge in [0.05, 0.1) is 29.5 Å². The molecule has 7 heteroatoms. The van der Waals surface area contributed by atoms with Gasteiger partial charge in [-0.05, 0) is 61.9 Å². The molecule has 0 fully saturated rings. The Morgan fingerprint density at radius 2 is 1.58 bits per heavy atom. The summed E-state index contributed by atoms with van der Waals surface area (Å²) in [7, 11) is -2.56. The molecule has 0 spiro atoms. The lowest BCUT2D eigenvalue weighted by Crippen LogP contribution is -2.19. The van der Waals surface area contributed by atoms with Gasteiger partial charge in [-0.2, -0.15) is 0 Å². The molecule has 0 aliphatic heterocycles. The van der Waals surface area contributed by atoms with Crippen molar-refractivity contribution in [2.24, 2.45) is 0 Å². The summed E-state index contributed by atoms with van der Waals surface area (Å²) in [5.41, 5.74) is 2.21. The Labute approximate surface area is 192 Å². The van der Waals surface area contributed by atoms with Gasteiger partial charge in [0.2, 0.25) is 15.3 Å². The zero-order valence-electron chi connectivity index (χ0n) is 18.7. The molecule has 3 aromatic carbocycles. The maximum Gasteiger partial charge on any atom is 0.211 e. The van der Waals surface area contributed by atoms with Crippen LogP contribution >= 0.6 is 0 Å². The van der Waals surface area contributed by atoms with Gasteiger partial charge in [0.25, 0.3) is 0 Å². The smallest absolute Gasteiger partial charge is 0.211 e. The van der Waals surface area contributed by atoms with Gasteiger partial charge in [-0.1, -0.05) is 29.8 Å². The molecule has 0 saturated carbocycles. The molecule has 0 radical (unpaired) electrons. The molecule has 1 aromatic heterocycles. The molecule has 0 amide bonds. The summed E-state index contributed by atoms with van der Waals surface area (Å²) in [6, 6.07) is 19.2. The minimum absolute atomic E-state index is 0.0302. The van der Waals surface area contributed by atoms with Gasteiger partial charge in [-0.3, -0.25) is 4.79 Å². The Morgan fingerprint density at radius 3 is 2.21 bits per heavy atom. The molecular weight excluding hydrogens is 438 g/mol. The highest BCUT2D eigenvalue weighted by Crippen LogP contribution is 2.26. The largest absolute Gasteiger partial charge is 0.497 e. The average molecular weight is 464 g/mol. The van der Waals surface area contributed by atoms with Crippen molar-refractivity contribution in [3.8, 4) is 11.5 Å². The fourth-order valence-corrected chi connectivity index (χ4v) is 5.07. The van der Waals surface area contributed by atoms with E-state index in [4.69, 9.17) is 9.47 Å². The molecule has 1 heterocycles. The third kappa shape index (κ3) is 4.50. The molecule has 0 N–H and O–H groups in total. The predicted molar refractivity (Wildman–Crippen MR) is 128 cm³/mol. The summed E-state index contributed by atoms with van der Waals surface area (Å²) >= 11 is 0. The Balaban J connectivity index is 1.93. The van der Waals surface area contributed by atoms with Crippen LogP contribution in [0.15, 0.2) is 87.5 Å². The number of sulfone groups is 1. The van der Waals surface area contributed by atoms with Crippen LogP contribution in [0.1, 0.15) is 18.1 Å². The first-order chi connectivity index (χ1) is 15.8. The van der Waals surface area contributed by atoms with Crippen LogP contribution in [0.25, 0.3) is 10.9 Å². The topological polar surface area (TPSA) is 74.6 Å². The van der Waals surface area contributed by atoms with Crippen LogP contribution in [0, 0.1) is 6.92 Å². The second-order valence-corrected chi connectivity index (χ2v) is 9.65. The molecule has 6 nitrogen and oxygen atoms in total. The third-order valence-corrected chi connectivity index (χ3v) is 7.23. The first-order valence-corrected chi connectivity index (χ1v) is 12.1. The maximum absolute atomic E-state index is 13.5. The molecule has 0 saturated heterocycles. The van der Waals surface area contributed by atoms with Gasteiger partial charge in [-0.15, -0.1) is 0 Å². The summed E-state index contributed by atoms with van der Waals surface area (Å²) in [6.07, 6.45) is 1.43. The van der Waals surface area contributed by atoms with Crippen molar-refractivity contribution in [3.63, 3.8) is 0 Å². The minimum atomic E-state index is -4.06. The van der Waals surface area contributed by atoms with Gasteiger partial charge in [0.15, 0.2) is 0 Å². The number of ether oxygens (including phenoxy) is 2. The van der Waals surface area contributed by atoms with Crippen molar-refractivity contribution >= 4 is 20.7 Å². The zero-order valence-corrected chi connectivity index (χ0v) is 19.6. The van der Waals surface area contributed by atoms with Gasteiger partial charge in [0.1, 0.15) is 16.4 Å². The summed E-state index contributed by atoms with van der Waals surface area (Å²) in [5.74, 6) is 1.05. The van der Waals surface area contributed by atoms with Crippen LogP contribution in [0.2, 0.25) is 0 Å². The van der Waals surface area contributed by atoms with Crippen molar-refractivity contribution in [2.75, 3.05) is 13.7 Å². The summed E-state index contributed by atoms with van der Waals surface area (Å²) in [4.78, 5) is 13.2. The second-order valence-electron chi connectivity index (χ2n) is 7.73. The number of hydrogen-bond acceptors (Lipinski definition) is 5. The van der Waals surface area contributed by atoms with E-state index in [9.17, 15) is 13.2 Å². The highest BCUT2D eigenvalue weighted by Gasteiger charge is 2.24. The number of nitrogens with zero attached hydrogens (tertiary/aromatic N) is 1. The molecule has 0 bridgehead atoms. The van der Waals surface area contributed by atoms with Crippen LogP contribution in [-0.4, -0.2) is 26.7 Å². The molecule has 4 rings (SSSR count). The summed E-state index contributed by atoms with van der Waals surface area (Å²) in [5, 5.41) is 0.294. The highest BCUT2D eigenvalue weighted by atomic mass is 32.2. The Morgan fingerprint density at radius 1 is 0.909 bits per heavy atom. The average Bonchev–Trinajstić information content (AvgIpc) is 2.82. The van der Waals surface area contributed by atoms with Gasteiger partial charge < -0.3 is 14.0 Å². The molecule has 0 aliphatic rings. The molecular formula is C26H25NO5S. The van der Waals surface area contributed by atoms with Crippen LogP contribution in [0.3, 0.4) is 0 Å². The van der Waals surface area contributed by atoms with Crippen LogP contribution < -0.4 is 14.9 Å². The SMILES string of the molecule is CCOc1ccc2c(c1)c(=O)c(S(=O)(=O)c1ccc(OC)cc1)cn2Cc1ccc(C)cc1. The molecule has 33 heavy (non-hydrogen) atoms. The van der Waals surface area contributed by atoms with Crippen LogP contribution in [0.4, 0.5) is 0 Å². The minimum Gasteiger partial charge on any atom is -0.497 e. The number of pyridine rings is 1. The standard InChI is InChI=1S/C26H25NO5S/c1-4-32-21-11-14-24-23(15-21)26(28)25(17-27(24)16-19-7-5-18(2)6-8-19)33(29,30)22-12-9-20(31-3)10-13-22/h5-15,17H,4,16H2,1-3H3. The Kier molecular flexibility index (Phi) is 6.24. The lowest BCUT2D eigenvalue weighted by atomic mass is 10.1. The van der Waals surface area contributed by atoms with Crippen molar-refractivity contribution in [3.05, 3.63) is 94.3 Å². The number of aryl methyl sites for hydroxylation is 1. The van der Waals surface area contributed by atoms with E-state index in [0.29, 0.717) is 35.6 Å². The molecule has 0 unspecified atom stereocenters. The zero-order chi connectivity index (χ0) is 23.6. The molecule has 0 aliphatic carbocycles. The van der Waals surface area contributed by atoms with E-state index in [-0.39, 0.29) is 9.79 Å². The van der Waals surface area contributed by atoms with E-state index in [0.717, 1.165) is 11.1 Å². The van der Waals surface area contributed by atoms with Gasteiger partial charge in [-0.25, -0.2) is 8.42 Å². The monoisotopic (exact) mass is 463 g/mol. The van der Waals surface area contributed by atoms with Crippen LogP contribution in [-0.2, 0) is 16.4 Å². The molecule has 4 aromatic rings. The first-order valence-electron chi connectivity index (χ1n) is 10.6. The Bertz CT molecular complexity index is 1450.